The molecule has 140 valence electrons. The van der Waals surface area contributed by atoms with Crippen LogP contribution >= 0.6 is 0 Å². The van der Waals surface area contributed by atoms with Crippen molar-refractivity contribution in [3.8, 4) is 5.75 Å². The number of aromatic nitrogens is 1. The molecule has 1 atom stereocenters. The van der Waals surface area contributed by atoms with Crippen LogP contribution < -0.4 is 10.1 Å². The zero-order valence-electron chi connectivity index (χ0n) is 16.3. The maximum atomic E-state index is 12.6. The van der Waals surface area contributed by atoms with Gasteiger partial charge in [0.2, 0.25) is 0 Å². The van der Waals surface area contributed by atoms with Crippen molar-refractivity contribution in [1.29, 1.82) is 0 Å². The summed E-state index contributed by atoms with van der Waals surface area (Å²) in [5, 5.41) is 2.97. The third-order valence-electron chi connectivity index (χ3n) is 4.60. The quantitative estimate of drug-likeness (QED) is 0.747. The lowest BCUT2D eigenvalue weighted by atomic mass is 10.0. The molecule has 6 nitrogen and oxygen atoms in total. The molecule has 0 radical (unpaired) electrons. The van der Waals surface area contributed by atoms with E-state index in [2.05, 4.69) is 15.2 Å². The molecule has 1 aromatic heterocycles. The van der Waals surface area contributed by atoms with Gasteiger partial charge in [-0.15, -0.1) is 0 Å². The Kier molecular flexibility index (Phi) is 6.21. The molecule has 6 heteroatoms. The maximum absolute atomic E-state index is 12.6. The lowest BCUT2D eigenvalue weighted by molar-refractivity contribution is 0.0936. The second-order valence-electron chi connectivity index (χ2n) is 6.64. The number of hydrogen-bond donors (Lipinski definition) is 2. The van der Waals surface area contributed by atoms with Crippen molar-refractivity contribution in [3.63, 3.8) is 0 Å². The van der Waals surface area contributed by atoms with Crippen LogP contribution in [0.4, 0.5) is 0 Å². The first-order valence-electron chi connectivity index (χ1n) is 8.55. The molecule has 1 aromatic carbocycles. The first kappa shape index (κ1) is 19.7. The minimum absolute atomic E-state index is 0.0218. The number of benzene rings is 1. The summed E-state index contributed by atoms with van der Waals surface area (Å²) in [6.45, 7) is 5.56. The van der Waals surface area contributed by atoms with Gasteiger partial charge in [0.05, 0.1) is 13.2 Å². The fraction of sp³-hybridized carbons (Fsp3) is 0.400. The highest BCUT2D eigenvalue weighted by molar-refractivity contribution is 6.02. The number of rotatable bonds is 7. The molecule has 0 fully saturated rings. The van der Waals surface area contributed by atoms with Crippen molar-refractivity contribution >= 4 is 11.7 Å². The van der Waals surface area contributed by atoms with Crippen LogP contribution in [0.2, 0.25) is 0 Å². The minimum atomic E-state index is -0.210. The van der Waals surface area contributed by atoms with Gasteiger partial charge in [-0.1, -0.05) is 12.1 Å². The molecule has 2 rings (SSSR count). The molecule has 0 aliphatic carbocycles. The highest BCUT2D eigenvalue weighted by Crippen LogP contribution is 2.22. The molecule has 0 aliphatic rings. The molecule has 1 amide bonds. The van der Waals surface area contributed by atoms with Crippen molar-refractivity contribution in [2.75, 3.05) is 27.7 Å². The highest BCUT2D eigenvalue weighted by Gasteiger charge is 2.21. The number of amides is 1. The van der Waals surface area contributed by atoms with Gasteiger partial charge in [0.25, 0.3) is 5.91 Å². The van der Waals surface area contributed by atoms with E-state index in [1.54, 1.807) is 21.0 Å². The molecule has 26 heavy (non-hydrogen) atoms. The standard InChI is InChI=1S/C20H27N3O3/c1-12-18(14(3)24)13(2)22-19(12)20(25)21-11-17(23(4)5)15-7-9-16(26-6)10-8-15/h7-10,17,22H,11H2,1-6H3,(H,21,25)/t17-/m1/s1. The van der Waals surface area contributed by atoms with Crippen molar-refractivity contribution in [2.45, 2.75) is 26.8 Å². The highest BCUT2D eigenvalue weighted by atomic mass is 16.5. The second kappa shape index (κ2) is 8.19. The SMILES string of the molecule is COc1ccc([C@@H](CNC(=O)c2[nH]c(C)c(C(C)=O)c2C)N(C)C)cc1. The van der Waals surface area contributed by atoms with Gasteiger partial charge >= 0.3 is 0 Å². The van der Waals surface area contributed by atoms with E-state index < -0.39 is 0 Å². The Bertz CT molecular complexity index is 791. The summed E-state index contributed by atoms with van der Waals surface area (Å²) in [4.78, 5) is 29.5. The monoisotopic (exact) mass is 357 g/mol. The van der Waals surface area contributed by atoms with E-state index in [4.69, 9.17) is 4.74 Å². The Hall–Kier alpha value is -2.60. The summed E-state index contributed by atoms with van der Waals surface area (Å²) >= 11 is 0. The van der Waals surface area contributed by atoms with Gasteiger partial charge in [-0.05, 0) is 58.1 Å². The number of carbonyl (C=O) groups excluding carboxylic acids is 2. The maximum Gasteiger partial charge on any atom is 0.268 e. The summed E-state index contributed by atoms with van der Waals surface area (Å²) in [5.74, 6) is 0.544. The lowest BCUT2D eigenvalue weighted by Gasteiger charge is -2.25. The number of aromatic amines is 1. The molecule has 0 unspecified atom stereocenters. The first-order chi connectivity index (χ1) is 12.3. The molecule has 2 aromatic rings. The van der Waals surface area contributed by atoms with Crippen LogP contribution in [-0.2, 0) is 0 Å². The van der Waals surface area contributed by atoms with Crippen LogP contribution in [0, 0.1) is 13.8 Å². The predicted molar refractivity (Wildman–Crippen MR) is 102 cm³/mol. The smallest absolute Gasteiger partial charge is 0.268 e. The van der Waals surface area contributed by atoms with Gasteiger partial charge in [-0.25, -0.2) is 0 Å². The first-order valence-corrected chi connectivity index (χ1v) is 8.55. The number of likely N-dealkylation sites (N-methyl/N-ethyl adjacent to an activating group) is 1. The van der Waals surface area contributed by atoms with Crippen LogP contribution in [-0.4, -0.2) is 49.3 Å². The van der Waals surface area contributed by atoms with E-state index in [0.717, 1.165) is 17.0 Å². The summed E-state index contributed by atoms with van der Waals surface area (Å²) < 4.78 is 5.20. The third kappa shape index (κ3) is 4.14. The molecule has 2 N–H and O–H groups in total. The van der Waals surface area contributed by atoms with Crippen molar-refractivity contribution in [3.05, 3.63) is 52.3 Å². The molecule has 0 aliphatic heterocycles. The van der Waals surface area contributed by atoms with E-state index in [0.29, 0.717) is 23.4 Å². The Balaban J connectivity index is 2.15. The third-order valence-corrected chi connectivity index (χ3v) is 4.60. The normalized spacial score (nSPS) is 12.1. The van der Waals surface area contributed by atoms with Gasteiger partial charge in [-0.3, -0.25) is 9.59 Å². The van der Waals surface area contributed by atoms with Crippen LogP contribution in [0.25, 0.3) is 0 Å². The Morgan fingerprint density at radius 2 is 1.81 bits per heavy atom. The number of nitrogens with one attached hydrogen (secondary N) is 2. The van der Waals surface area contributed by atoms with Crippen molar-refractivity contribution in [1.82, 2.24) is 15.2 Å². The van der Waals surface area contributed by atoms with E-state index in [1.807, 2.05) is 38.4 Å². The Morgan fingerprint density at radius 3 is 2.27 bits per heavy atom. The van der Waals surface area contributed by atoms with E-state index in [-0.39, 0.29) is 17.7 Å². The van der Waals surface area contributed by atoms with Gasteiger partial charge in [0.1, 0.15) is 11.4 Å². The van der Waals surface area contributed by atoms with Crippen LogP contribution in [0.5, 0.6) is 5.75 Å². The number of H-pyrrole nitrogens is 1. The average molecular weight is 357 g/mol. The summed E-state index contributed by atoms with van der Waals surface area (Å²) in [6.07, 6.45) is 0. The zero-order valence-corrected chi connectivity index (χ0v) is 16.3. The molecular formula is C20H27N3O3. The lowest BCUT2D eigenvalue weighted by Crippen LogP contribution is -2.35. The van der Waals surface area contributed by atoms with Gasteiger partial charge < -0.3 is 19.9 Å². The van der Waals surface area contributed by atoms with E-state index >= 15 is 0 Å². The van der Waals surface area contributed by atoms with Crippen molar-refractivity contribution < 1.29 is 14.3 Å². The molecule has 1 heterocycles. The largest absolute Gasteiger partial charge is 0.497 e. The number of Topliss-reactive ketones (excluding diaryl/α,β-unsaturated/α-hetero) is 1. The van der Waals surface area contributed by atoms with Gasteiger partial charge in [0, 0.05) is 17.8 Å². The van der Waals surface area contributed by atoms with Crippen LogP contribution in [0.3, 0.4) is 0 Å². The Labute approximate surface area is 154 Å². The van der Waals surface area contributed by atoms with Gasteiger partial charge in [-0.2, -0.15) is 0 Å². The molecule has 0 saturated heterocycles. The van der Waals surface area contributed by atoms with E-state index in [1.165, 1.54) is 6.92 Å². The Morgan fingerprint density at radius 1 is 1.19 bits per heavy atom. The van der Waals surface area contributed by atoms with Gasteiger partial charge in [0.15, 0.2) is 5.78 Å². The number of hydrogen-bond acceptors (Lipinski definition) is 4. The van der Waals surface area contributed by atoms with Crippen molar-refractivity contribution in [2.24, 2.45) is 0 Å². The number of ketones is 1. The van der Waals surface area contributed by atoms with E-state index in [9.17, 15) is 9.59 Å². The summed E-state index contributed by atoms with van der Waals surface area (Å²) in [7, 11) is 5.58. The molecule has 0 bridgehead atoms. The summed E-state index contributed by atoms with van der Waals surface area (Å²) in [5.41, 5.74) is 3.53. The number of carbonyl (C=O) groups is 2. The number of aryl methyl sites for hydroxylation is 1. The predicted octanol–water partition coefficient (Wildman–Crippen LogP) is 2.88. The number of nitrogens with zero attached hydrogens (tertiary/aromatic N) is 1. The van der Waals surface area contributed by atoms with Crippen LogP contribution in [0.15, 0.2) is 24.3 Å². The molecular weight excluding hydrogens is 330 g/mol. The summed E-state index contributed by atoms with van der Waals surface area (Å²) in [6, 6.07) is 7.82. The van der Waals surface area contributed by atoms with Crippen LogP contribution in [0.1, 0.15) is 50.6 Å². The number of ether oxygens (including phenoxy) is 1. The molecule has 0 saturated carbocycles. The minimum Gasteiger partial charge on any atom is -0.497 e. The molecule has 0 spiro atoms. The number of methoxy groups -OCH3 is 1. The fourth-order valence-electron chi connectivity index (χ4n) is 3.21. The topological polar surface area (TPSA) is 74.4 Å². The zero-order chi connectivity index (χ0) is 19.4. The second-order valence-corrected chi connectivity index (χ2v) is 6.64. The fourth-order valence-corrected chi connectivity index (χ4v) is 3.21. The average Bonchev–Trinajstić information content (AvgIpc) is 2.89.